The quantitative estimate of drug-likeness (QED) is 0.704. The third-order valence-corrected chi connectivity index (χ3v) is 3.03. The Morgan fingerprint density at radius 3 is 2.60 bits per heavy atom. The summed E-state index contributed by atoms with van der Waals surface area (Å²) in [5.41, 5.74) is -0.866. The van der Waals surface area contributed by atoms with Crippen LogP contribution in [0.2, 0.25) is 0 Å². The molecule has 102 valence electrons. The van der Waals surface area contributed by atoms with E-state index < -0.39 is 5.72 Å². The van der Waals surface area contributed by atoms with Gasteiger partial charge in [-0.05, 0) is 12.1 Å². The number of rotatable bonds is 5. The number of aliphatic hydroxyl groups is 1. The Labute approximate surface area is 114 Å². The van der Waals surface area contributed by atoms with Crippen LogP contribution < -0.4 is 0 Å². The van der Waals surface area contributed by atoms with E-state index in [0.717, 1.165) is 0 Å². The summed E-state index contributed by atoms with van der Waals surface area (Å²) >= 11 is 0. The summed E-state index contributed by atoms with van der Waals surface area (Å²) in [6.07, 6.45) is 7.87. The van der Waals surface area contributed by atoms with Crippen LogP contribution in [0, 0.1) is 0 Å². The maximum atomic E-state index is 11.0. The van der Waals surface area contributed by atoms with Crippen molar-refractivity contribution in [2.24, 2.45) is 0 Å². The maximum Gasteiger partial charge on any atom is 0.204 e. The molecular formula is C12H13N7O. The van der Waals surface area contributed by atoms with Crippen molar-refractivity contribution in [3.63, 3.8) is 0 Å². The SMILES string of the molecule is OC(CCn1cncn1)(c1ccccn1)n1cncn1. The number of hydrogen-bond acceptors (Lipinski definition) is 6. The summed E-state index contributed by atoms with van der Waals surface area (Å²) in [7, 11) is 0. The smallest absolute Gasteiger partial charge is 0.204 e. The molecule has 0 fully saturated rings. The van der Waals surface area contributed by atoms with Crippen molar-refractivity contribution in [3.8, 4) is 0 Å². The van der Waals surface area contributed by atoms with Gasteiger partial charge < -0.3 is 5.11 Å². The molecule has 1 N–H and O–H groups in total. The maximum absolute atomic E-state index is 11.0. The molecule has 0 aliphatic rings. The van der Waals surface area contributed by atoms with E-state index in [0.29, 0.717) is 18.7 Å². The third kappa shape index (κ3) is 2.28. The highest BCUT2D eigenvalue weighted by Gasteiger charge is 2.33. The summed E-state index contributed by atoms with van der Waals surface area (Å²) in [6, 6.07) is 5.37. The average Bonchev–Trinajstić information content (AvgIpc) is 3.19. The van der Waals surface area contributed by atoms with Crippen molar-refractivity contribution < 1.29 is 5.11 Å². The summed E-state index contributed by atoms with van der Waals surface area (Å²) in [4.78, 5) is 12.0. The minimum absolute atomic E-state index is 0.344. The van der Waals surface area contributed by atoms with E-state index >= 15 is 0 Å². The van der Waals surface area contributed by atoms with Gasteiger partial charge in [0.15, 0.2) is 0 Å². The van der Waals surface area contributed by atoms with E-state index in [9.17, 15) is 5.11 Å². The Balaban J connectivity index is 1.92. The summed E-state index contributed by atoms with van der Waals surface area (Å²) in [6.45, 7) is 0.479. The van der Waals surface area contributed by atoms with Gasteiger partial charge in [0.05, 0.1) is 5.69 Å². The second kappa shape index (κ2) is 5.17. The first-order chi connectivity index (χ1) is 9.79. The molecule has 0 saturated heterocycles. The van der Waals surface area contributed by atoms with Crippen LogP contribution in [0.15, 0.2) is 49.7 Å². The predicted octanol–water partition coefficient (Wildman–Crippen LogP) is 0.0483. The van der Waals surface area contributed by atoms with Gasteiger partial charge in [-0.15, -0.1) is 0 Å². The molecule has 0 saturated carbocycles. The van der Waals surface area contributed by atoms with E-state index in [1.807, 2.05) is 6.07 Å². The number of aryl methyl sites for hydroxylation is 1. The van der Waals surface area contributed by atoms with E-state index in [1.54, 1.807) is 29.3 Å². The first-order valence-corrected chi connectivity index (χ1v) is 6.10. The molecule has 1 unspecified atom stereocenters. The fourth-order valence-corrected chi connectivity index (χ4v) is 1.98. The van der Waals surface area contributed by atoms with Crippen molar-refractivity contribution in [1.29, 1.82) is 0 Å². The fraction of sp³-hybridized carbons (Fsp3) is 0.250. The molecule has 0 spiro atoms. The Hall–Kier alpha value is -2.61. The Bertz CT molecular complexity index is 638. The van der Waals surface area contributed by atoms with Gasteiger partial charge in [-0.1, -0.05) is 6.07 Å². The molecule has 3 rings (SSSR count). The molecule has 0 aromatic carbocycles. The van der Waals surface area contributed by atoms with Gasteiger partial charge in [0, 0.05) is 19.2 Å². The molecule has 8 heteroatoms. The van der Waals surface area contributed by atoms with Crippen molar-refractivity contribution in [2.45, 2.75) is 18.7 Å². The number of aromatic nitrogens is 7. The van der Waals surface area contributed by atoms with Gasteiger partial charge >= 0.3 is 0 Å². The van der Waals surface area contributed by atoms with Crippen LogP contribution in [0.25, 0.3) is 0 Å². The number of pyridine rings is 1. The predicted molar refractivity (Wildman–Crippen MR) is 68.2 cm³/mol. The molecule has 3 aromatic heterocycles. The Kier molecular flexibility index (Phi) is 3.21. The van der Waals surface area contributed by atoms with E-state index in [-0.39, 0.29) is 0 Å². The van der Waals surface area contributed by atoms with Crippen molar-refractivity contribution in [2.75, 3.05) is 0 Å². The highest BCUT2D eigenvalue weighted by Crippen LogP contribution is 2.24. The van der Waals surface area contributed by atoms with Crippen LogP contribution in [0.3, 0.4) is 0 Å². The van der Waals surface area contributed by atoms with Gasteiger partial charge in [-0.2, -0.15) is 10.2 Å². The molecule has 20 heavy (non-hydrogen) atoms. The number of nitrogens with zero attached hydrogens (tertiary/aromatic N) is 7. The van der Waals surface area contributed by atoms with Gasteiger partial charge in [0.25, 0.3) is 0 Å². The van der Waals surface area contributed by atoms with Crippen LogP contribution >= 0.6 is 0 Å². The van der Waals surface area contributed by atoms with Crippen molar-refractivity contribution >= 4 is 0 Å². The second-order valence-corrected chi connectivity index (χ2v) is 4.28. The van der Waals surface area contributed by atoms with Crippen LogP contribution in [-0.4, -0.2) is 39.6 Å². The van der Waals surface area contributed by atoms with Crippen LogP contribution in [0.1, 0.15) is 12.1 Å². The molecule has 3 aromatic rings. The molecular weight excluding hydrogens is 258 g/mol. The lowest BCUT2D eigenvalue weighted by Gasteiger charge is -2.27. The molecule has 0 aliphatic carbocycles. The topological polar surface area (TPSA) is 94.5 Å². The monoisotopic (exact) mass is 271 g/mol. The molecule has 8 nitrogen and oxygen atoms in total. The number of hydrogen-bond donors (Lipinski definition) is 1. The van der Waals surface area contributed by atoms with Crippen LogP contribution in [0.5, 0.6) is 0 Å². The van der Waals surface area contributed by atoms with Crippen LogP contribution in [0.4, 0.5) is 0 Å². The molecule has 1 atom stereocenters. The molecule has 0 amide bonds. The first kappa shape index (κ1) is 12.4. The highest BCUT2D eigenvalue weighted by molar-refractivity contribution is 5.12. The highest BCUT2D eigenvalue weighted by atomic mass is 16.3. The van der Waals surface area contributed by atoms with E-state index in [2.05, 4.69) is 25.1 Å². The zero-order valence-corrected chi connectivity index (χ0v) is 10.6. The fourth-order valence-electron chi connectivity index (χ4n) is 1.98. The van der Waals surface area contributed by atoms with Crippen molar-refractivity contribution in [3.05, 3.63) is 55.4 Å². The van der Waals surface area contributed by atoms with Crippen LogP contribution in [-0.2, 0) is 12.3 Å². The van der Waals surface area contributed by atoms with Gasteiger partial charge in [0.1, 0.15) is 25.3 Å². The first-order valence-electron chi connectivity index (χ1n) is 6.10. The zero-order chi connectivity index (χ0) is 13.8. The van der Waals surface area contributed by atoms with Gasteiger partial charge in [-0.3, -0.25) is 9.67 Å². The van der Waals surface area contributed by atoms with E-state index in [4.69, 9.17) is 0 Å². The minimum atomic E-state index is -1.37. The largest absolute Gasteiger partial charge is 0.364 e. The second-order valence-electron chi connectivity index (χ2n) is 4.28. The molecule has 3 heterocycles. The lowest BCUT2D eigenvalue weighted by molar-refractivity contribution is -0.0239. The average molecular weight is 271 g/mol. The summed E-state index contributed by atoms with van der Waals surface area (Å²) < 4.78 is 3.04. The standard InChI is InChI=1S/C12H13N7O/c20-12(19-10-14-8-17-19,11-3-1-2-5-15-11)4-6-18-9-13-7-16-18/h1-3,5,7-10,20H,4,6H2. The zero-order valence-electron chi connectivity index (χ0n) is 10.6. The summed E-state index contributed by atoms with van der Waals surface area (Å²) in [5, 5.41) is 19.0. The lowest BCUT2D eigenvalue weighted by atomic mass is 10.1. The minimum Gasteiger partial charge on any atom is -0.364 e. The Morgan fingerprint density at radius 2 is 1.95 bits per heavy atom. The van der Waals surface area contributed by atoms with Gasteiger partial charge in [0.2, 0.25) is 5.72 Å². The lowest BCUT2D eigenvalue weighted by Crippen LogP contribution is -2.37. The summed E-state index contributed by atoms with van der Waals surface area (Å²) in [5.74, 6) is 0. The molecule has 0 bridgehead atoms. The molecule has 0 radical (unpaired) electrons. The van der Waals surface area contributed by atoms with E-state index in [1.165, 1.54) is 23.7 Å². The Morgan fingerprint density at radius 1 is 1.10 bits per heavy atom. The molecule has 0 aliphatic heterocycles. The normalized spacial score (nSPS) is 14.1. The van der Waals surface area contributed by atoms with Gasteiger partial charge in [-0.25, -0.2) is 14.6 Å². The van der Waals surface area contributed by atoms with Crippen molar-refractivity contribution in [1.82, 2.24) is 34.5 Å². The third-order valence-electron chi connectivity index (χ3n) is 3.03.